The van der Waals surface area contributed by atoms with Crippen LogP contribution < -0.4 is 10.5 Å². The third kappa shape index (κ3) is 3.28. The summed E-state index contributed by atoms with van der Waals surface area (Å²) in [6.07, 6.45) is 0. The summed E-state index contributed by atoms with van der Waals surface area (Å²) in [5.74, 6) is 0.841. The topological polar surface area (TPSA) is 35.2 Å². The van der Waals surface area contributed by atoms with Gasteiger partial charge in [-0.15, -0.1) is 0 Å². The summed E-state index contributed by atoms with van der Waals surface area (Å²) >= 11 is 6.15. The average molecular weight is 276 g/mol. The Kier molecular flexibility index (Phi) is 4.46. The maximum absolute atomic E-state index is 6.29. The molecular formula is C16H18ClNO. The molecule has 1 unspecified atom stereocenters. The highest BCUT2D eigenvalue weighted by atomic mass is 35.5. The van der Waals surface area contributed by atoms with E-state index in [1.54, 1.807) is 0 Å². The number of hydrogen-bond donors (Lipinski definition) is 1. The Morgan fingerprint density at radius 2 is 1.89 bits per heavy atom. The summed E-state index contributed by atoms with van der Waals surface area (Å²) in [6.45, 7) is 4.59. The molecule has 0 saturated heterocycles. The molecule has 0 aliphatic carbocycles. The summed E-state index contributed by atoms with van der Waals surface area (Å²) in [7, 11) is 0. The van der Waals surface area contributed by atoms with Gasteiger partial charge in [-0.3, -0.25) is 0 Å². The molecule has 100 valence electrons. The molecule has 0 fully saturated rings. The van der Waals surface area contributed by atoms with Crippen molar-refractivity contribution in [2.45, 2.75) is 19.9 Å². The molecule has 0 bridgehead atoms. The minimum Gasteiger partial charge on any atom is -0.494 e. The molecule has 0 aliphatic heterocycles. The number of rotatable bonds is 4. The van der Waals surface area contributed by atoms with Crippen LogP contribution >= 0.6 is 11.6 Å². The molecule has 2 rings (SSSR count). The molecule has 0 spiro atoms. The zero-order valence-electron chi connectivity index (χ0n) is 11.2. The minimum absolute atomic E-state index is 0.196. The van der Waals surface area contributed by atoms with Crippen molar-refractivity contribution in [1.29, 1.82) is 0 Å². The van der Waals surface area contributed by atoms with Gasteiger partial charge in [0.2, 0.25) is 0 Å². The van der Waals surface area contributed by atoms with Gasteiger partial charge in [0.25, 0.3) is 0 Å². The van der Waals surface area contributed by atoms with Crippen LogP contribution in [-0.2, 0) is 0 Å². The van der Waals surface area contributed by atoms with Gasteiger partial charge in [-0.05, 0) is 48.7 Å². The minimum atomic E-state index is -0.196. The lowest BCUT2D eigenvalue weighted by Gasteiger charge is -2.15. The number of benzene rings is 2. The lowest BCUT2D eigenvalue weighted by Crippen LogP contribution is -2.12. The predicted octanol–water partition coefficient (Wildman–Crippen LogP) is 4.10. The van der Waals surface area contributed by atoms with Gasteiger partial charge in [-0.25, -0.2) is 0 Å². The zero-order valence-corrected chi connectivity index (χ0v) is 11.9. The highest BCUT2D eigenvalue weighted by Crippen LogP contribution is 2.26. The van der Waals surface area contributed by atoms with Crippen molar-refractivity contribution in [2.24, 2.45) is 5.73 Å². The van der Waals surface area contributed by atoms with Crippen molar-refractivity contribution < 1.29 is 4.74 Å². The Morgan fingerprint density at radius 3 is 2.58 bits per heavy atom. The van der Waals surface area contributed by atoms with E-state index in [1.807, 2.05) is 56.3 Å². The van der Waals surface area contributed by atoms with Crippen LogP contribution in [0.3, 0.4) is 0 Å². The van der Waals surface area contributed by atoms with E-state index in [2.05, 4.69) is 0 Å². The predicted molar refractivity (Wildman–Crippen MR) is 79.8 cm³/mol. The fourth-order valence-electron chi connectivity index (χ4n) is 1.96. The van der Waals surface area contributed by atoms with Gasteiger partial charge in [0.15, 0.2) is 0 Å². The fraction of sp³-hybridized carbons (Fsp3) is 0.250. The molecule has 1 atom stereocenters. The van der Waals surface area contributed by atoms with E-state index in [1.165, 1.54) is 0 Å². The molecule has 0 radical (unpaired) electrons. The molecule has 0 saturated carbocycles. The Hall–Kier alpha value is -1.51. The Balaban J connectivity index is 2.29. The van der Waals surface area contributed by atoms with Crippen molar-refractivity contribution in [3.63, 3.8) is 0 Å². The van der Waals surface area contributed by atoms with Crippen LogP contribution in [0.1, 0.15) is 29.7 Å². The maximum atomic E-state index is 6.29. The summed E-state index contributed by atoms with van der Waals surface area (Å²) in [5, 5.41) is 0.744. The summed E-state index contributed by atoms with van der Waals surface area (Å²) in [5.41, 5.74) is 9.37. The smallest absolute Gasteiger partial charge is 0.119 e. The van der Waals surface area contributed by atoms with Gasteiger partial charge in [0.1, 0.15) is 5.75 Å². The van der Waals surface area contributed by atoms with Gasteiger partial charge in [0.05, 0.1) is 12.6 Å². The highest BCUT2D eigenvalue weighted by Gasteiger charge is 2.11. The molecule has 2 N–H and O–H groups in total. The Labute approximate surface area is 119 Å². The van der Waals surface area contributed by atoms with Crippen molar-refractivity contribution in [3.8, 4) is 5.75 Å². The van der Waals surface area contributed by atoms with Crippen LogP contribution in [0.4, 0.5) is 0 Å². The Morgan fingerprint density at radius 1 is 1.16 bits per heavy atom. The van der Waals surface area contributed by atoms with Crippen molar-refractivity contribution in [1.82, 2.24) is 0 Å². The van der Waals surface area contributed by atoms with Crippen LogP contribution in [0.25, 0.3) is 0 Å². The summed E-state index contributed by atoms with van der Waals surface area (Å²) in [6, 6.07) is 13.6. The average Bonchev–Trinajstić information content (AvgIpc) is 2.42. The number of aryl methyl sites for hydroxylation is 1. The fourth-order valence-corrected chi connectivity index (χ4v) is 2.15. The van der Waals surface area contributed by atoms with Gasteiger partial charge in [0, 0.05) is 5.02 Å². The van der Waals surface area contributed by atoms with E-state index in [9.17, 15) is 0 Å². The Bertz CT molecular complexity index is 568. The van der Waals surface area contributed by atoms with Crippen molar-refractivity contribution in [2.75, 3.05) is 6.61 Å². The highest BCUT2D eigenvalue weighted by molar-refractivity contribution is 6.31. The molecule has 2 aromatic carbocycles. The van der Waals surface area contributed by atoms with Crippen molar-refractivity contribution in [3.05, 3.63) is 64.2 Å². The molecule has 3 heteroatoms. The van der Waals surface area contributed by atoms with Crippen LogP contribution in [0.15, 0.2) is 42.5 Å². The molecule has 0 heterocycles. The van der Waals surface area contributed by atoms with E-state index >= 15 is 0 Å². The van der Waals surface area contributed by atoms with E-state index in [0.29, 0.717) is 6.61 Å². The van der Waals surface area contributed by atoms with Crippen LogP contribution in [0.2, 0.25) is 5.02 Å². The van der Waals surface area contributed by atoms with Crippen LogP contribution in [0.5, 0.6) is 5.75 Å². The van der Waals surface area contributed by atoms with Gasteiger partial charge in [-0.1, -0.05) is 35.9 Å². The second-order valence-corrected chi connectivity index (χ2v) is 4.90. The van der Waals surface area contributed by atoms with Crippen molar-refractivity contribution >= 4 is 11.6 Å². The first-order valence-corrected chi connectivity index (χ1v) is 6.74. The first kappa shape index (κ1) is 13.9. The second kappa shape index (κ2) is 6.09. The quantitative estimate of drug-likeness (QED) is 0.912. The third-order valence-electron chi connectivity index (χ3n) is 3.08. The van der Waals surface area contributed by atoms with E-state index < -0.39 is 0 Å². The van der Waals surface area contributed by atoms with E-state index in [4.69, 9.17) is 22.1 Å². The number of halogens is 1. The first-order chi connectivity index (χ1) is 9.11. The molecule has 0 aliphatic rings. The van der Waals surface area contributed by atoms with Crippen LogP contribution in [-0.4, -0.2) is 6.61 Å². The SMILES string of the molecule is CCOc1cccc(C(N)c2ccc(C)c(Cl)c2)c1. The standard InChI is InChI=1S/C16H18ClNO/c1-3-19-14-6-4-5-12(9-14)16(18)13-8-7-11(2)15(17)10-13/h4-10,16H,3,18H2,1-2H3. The number of hydrogen-bond acceptors (Lipinski definition) is 2. The number of ether oxygens (including phenoxy) is 1. The molecule has 19 heavy (non-hydrogen) atoms. The molecule has 0 aromatic heterocycles. The number of nitrogens with two attached hydrogens (primary N) is 1. The molecule has 2 aromatic rings. The summed E-state index contributed by atoms with van der Waals surface area (Å²) < 4.78 is 5.49. The van der Waals surface area contributed by atoms with E-state index in [-0.39, 0.29) is 6.04 Å². The monoisotopic (exact) mass is 275 g/mol. The van der Waals surface area contributed by atoms with Crippen LogP contribution in [0, 0.1) is 6.92 Å². The lowest BCUT2D eigenvalue weighted by molar-refractivity contribution is 0.340. The molecule has 0 amide bonds. The maximum Gasteiger partial charge on any atom is 0.119 e. The molecule has 2 nitrogen and oxygen atoms in total. The normalized spacial score (nSPS) is 12.2. The first-order valence-electron chi connectivity index (χ1n) is 6.36. The van der Waals surface area contributed by atoms with Gasteiger partial charge >= 0.3 is 0 Å². The van der Waals surface area contributed by atoms with Gasteiger partial charge < -0.3 is 10.5 Å². The van der Waals surface area contributed by atoms with Gasteiger partial charge in [-0.2, -0.15) is 0 Å². The second-order valence-electron chi connectivity index (χ2n) is 4.49. The molecular weight excluding hydrogens is 258 g/mol. The lowest BCUT2D eigenvalue weighted by atomic mass is 9.98. The van der Waals surface area contributed by atoms with E-state index in [0.717, 1.165) is 27.5 Å². The summed E-state index contributed by atoms with van der Waals surface area (Å²) in [4.78, 5) is 0. The third-order valence-corrected chi connectivity index (χ3v) is 3.49. The largest absolute Gasteiger partial charge is 0.494 e. The zero-order chi connectivity index (χ0) is 13.8.